The minimum atomic E-state index is 0. The second-order valence-corrected chi connectivity index (χ2v) is 7.25. The van der Waals surface area contributed by atoms with Gasteiger partial charge in [0.15, 0.2) is 5.96 Å². The predicted molar refractivity (Wildman–Crippen MR) is 112 cm³/mol. The van der Waals surface area contributed by atoms with Crippen molar-refractivity contribution < 1.29 is 4.74 Å². The SMILES string of the molecule is CN=C(NCC1CCCN1CC1CCCCC1)NC(C)COC.I. The molecule has 1 heterocycles. The largest absolute Gasteiger partial charge is 0.383 e. The maximum absolute atomic E-state index is 5.18. The molecular weight excluding hydrogens is 415 g/mol. The van der Waals surface area contributed by atoms with Gasteiger partial charge in [-0.1, -0.05) is 19.3 Å². The fourth-order valence-electron chi connectivity index (χ4n) is 4.00. The van der Waals surface area contributed by atoms with Crippen molar-refractivity contribution in [2.75, 3.05) is 40.4 Å². The molecule has 2 rings (SSSR count). The highest BCUT2D eigenvalue weighted by Crippen LogP contribution is 2.27. The van der Waals surface area contributed by atoms with Crippen LogP contribution in [0.2, 0.25) is 0 Å². The minimum absolute atomic E-state index is 0. The first-order chi connectivity index (χ1) is 11.2. The van der Waals surface area contributed by atoms with Gasteiger partial charge in [-0.05, 0) is 45.1 Å². The molecule has 1 aliphatic heterocycles. The van der Waals surface area contributed by atoms with E-state index in [9.17, 15) is 0 Å². The fourth-order valence-corrected chi connectivity index (χ4v) is 4.00. The lowest BCUT2D eigenvalue weighted by Crippen LogP contribution is -2.48. The maximum atomic E-state index is 5.18. The number of aliphatic imine (C=N–C) groups is 1. The van der Waals surface area contributed by atoms with Gasteiger partial charge in [0.1, 0.15) is 0 Å². The molecule has 2 aliphatic rings. The molecule has 5 nitrogen and oxygen atoms in total. The molecule has 2 fully saturated rings. The Morgan fingerprint density at radius 1 is 1.21 bits per heavy atom. The molecule has 0 aromatic rings. The van der Waals surface area contributed by atoms with Crippen molar-refractivity contribution in [2.24, 2.45) is 10.9 Å². The number of hydrogen-bond acceptors (Lipinski definition) is 3. The topological polar surface area (TPSA) is 48.9 Å². The number of ether oxygens (including phenoxy) is 1. The maximum Gasteiger partial charge on any atom is 0.191 e. The van der Waals surface area contributed by atoms with Gasteiger partial charge in [-0.25, -0.2) is 0 Å². The Kier molecular flexibility index (Phi) is 11.3. The highest BCUT2D eigenvalue weighted by molar-refractivity contribution is 14.0. The fraction of sp³-hybridized carbons (Fsp3) is 0.944. The van der Waals surface area contributed by atoms with Crippen LogP contribution in [-0.4, -0.2) is 63.3 Å². The summed E-state index contributed by atoms with van der Waals surface area (Å²) in [5, 5.41) is 6.89. The average molecular weight is 452 g/mol. The number of guanidine groups is 1. The number of likely N-dealkylation sites (tertiary alicyclic amines) is 1. The molecule has 142 valence electrons. The number of nitrogens with one attached hydrogen (secondary N) is 2. The van der Waals surface area contributed by atoms with Gasteiger partial charge in [-0.2, -0.15) is 0 Å². The smallest absolute Gasteiger partial charge is 0.191 e. The molecule has 0 amide bonds. The van der Waals surface area contributed by atoms with E-state index in [-0.39, 0.29) is 30.0 Å². The Balaban J connectivity index is 0.00000288. The summed E-state index contributed by atoms with van der Waals surface area (Å²) in [7, 11) is 3.57. The van der Waals surface area contributed by atoms with Crippen LogP contribution in [0.15, 0.2) is 4.99 Å². The standard InChI is InChI=1S/C18H36N4O.HI/c1-15(14-23-3)21-18(19-2)20-12-17-10-7-11-22(17)13-16-8-5-4-6-9-16;/h15-17H,4-14H2,1-3H3,(H2,19,20,21);1H. The summed E-state index contributed by atoms with van der Waals surface area (Å²) in [4.78, 5) is 7.05. The van der Waals surface area contributed by atoms with Gasteiger partial charge in [0.2, 0.25) is 0 Å². The summed E-state index contributed by atoms with van der Waals surface area (Å²) in [6.07, 6.45) is 9.85. The molecule has 24 heavy (non-hydrogen) atoms. The summed E-state index contributed by atoms with van der Waals surface area (Å²) in [6, 6.07) is 0.932. The number of halogens is 1. The van der Waals surface area contributed by atoms with Crippen LogP contribution >= 0.6 is 24.0 Å². The van der Waals surface area contributed by atoms with E-state index in [1.165, 1.54) is 58.0 Å². The molecule has 1 aliphatic carbocycles. The van der Waals surface area contributed by atoms with E-state index in [0.29, 0.717) is 12.6 Å². The van der Waals surface area contributed by atoms with Gasteiger partial charge < -0.3 is 15.4 Å². The number of rotatable bonds is 7. The first kappa shape index (κ1) is 22.0. The molecule has 2 atom stereocenters. The van der Waals surface area contributed by atoms with E-state index in [1.54, 1.807) is 7.11 Å². The van der Waals surface area contributed by atoms with Crippen molar-refractivity contribution >= 4 is 29.9 Å². The first-order valence-electron chi connectivity index (χ1n) is 9.43. The monoisotopic (exact) mass is 452 g/mol. The van der Waals surface area contributed by atoms with Crippen molar-refractivity contribution in [3.63, 3.8) is 0 Å². The van der Waals surface area contributed by atoms with Crippen LogP contribution in [0.4, 0.5) is 0 Å². The van der Waals surface area contributed by atoms with Crippen molar-refractivity contribution in [1.29, 1.82) is 0 Å². The summed E-state index contributed by atoms with van der Waals surface area (Å²) < 4.78 is 5.18. The van der Waals surface area contributed by atoms with Gasteiger partial charge in [0, 0.05) is 39.3 Å². The third-order valence-electron chi connectivity index (χ3n) is 5.25. The lowest BCUT2D eigenvalue weighted by Gasteiger charge is -2.31. The summed E-state index contributed by atoms with van der Waals surface area (Å²) in [5.41, 5.74) is 0. The lowest BCUT2D eigenvalue weighted by molar-refractivity contribution is 0.178. The summed E-state index contributed by atoms with van der Waals surface area (Å²) >= 11 is 0. The van der Waals surface area contributed by atoms with E-state index in [4.69, 9.17) is 4.74 Å². The second kappa shape index (κ2) is 12.3. The minimum Gasteiger partial charge on any atom is -0.383 e. The van der Waals surface area contributed by atoms with Gasteiger partial charge in [0.05, 0.1) is 6.61 Å². The van der Waals surface area contributed by atoms with Crippen LogP contribution in [0.1, 0.15) is 51.9 Å². The molecule has 0 aromatic carbocycles. The Morgan fingerprint density at radius 2 is 1.96 bits per heavy atom. The normalized spacial score (nSPS) is 24.5. The third kappa shape index (κ3) is 7.44. The van der Waals surface area contributed by atoms with Crippen molar-refractivity contribution in [3.8, 4) is 0 Å². The van der Waals surface area contributed by atoms with Gasteiger partial charge in [-0.15, -0.1) is 24.0 Å². The van der Waals surface area contributed by atoms with Gasteiger partial charge in [0.25, 0.3) is 0 Å². The second-order valence-electron chi connectivity index (χ2n) is 7.25. The predicted octanol–water partition coefficient (Wildman–Crippen LogP) is 2.85. The Labute approximate surface area is 165 Å². The third-order valence-corrected chi connectivity index (χ3v) is 5.25. The zero-order chi connectivity index (χ0) is 16.5. The van der Waals surface area contributed by atoms with E-state index in [1.807, 2.05) is 7.05 Å². The molecule has 0 radical (unpaired) electrons. The Bertz CT molecular complexity index is 361. The van der Waals surface area contributed by atoms with Crippen LogP contribution in [0.25, 0.3) is 0 Å². The van der Waals surface area contributed by atoms with Gasteiger partial charge >= 0.3 is 0 Å². The summed E-state index contributed by atoms with van der Waals surface area (Å²) in [6.45, 7) is 6.37. The number of hydrogen-bond donors (Lipinski definition) is 2. The van der Waals surface area contributed by atoms with Crippen molar-refractivity contribution in [3.05, 3.63) is 0 Å². The molecule has 2 unspecified atom stereocenters. The average Bonchev–Trinajstić information content (AvgIpc) is 2.99. The number of nitrogens with zero attached hydrogens (tertiary/aromatic N) is 2. The highest BCUT2D eigenvalue weighted by Gasteiger charge is 2.27. The summed E-state index contributed by atoms with van der Waals surface area (Å²) in [5.74, 6) is 1.82. The van der Waals surface area contributed by atoms with Gasteiger partial charge in [-0.3, -0.25) is 9.89 Å². The lowest BCUT2D eigenvalue weighted by atomic mass is 9.89. The van der Waals surface area contributed by atoms with Crippen LogP contribution in [0.3, 0.4) is 0 Å². The zero-order valence-corrected chi connectivity index (χ0v) is 18.1. The zero-order valence-electron chi connectivity index (χ0n) is 15.7. The Morgan fingerprint density at radius 3 is 2.62 bits per heavy atom. The highest BCUT2D eigenvalue weighted by atomic mass is 127. The van der Waals surface area contributed by atoms with E-state index in [2.05, 4.69) is 27.4 Å². The van der Waals surface area contributed by atoms with E-state index >= 15 is 0 Å². The van der Waals surface area contributed by atoms with Crippen LogP contribution in [-0.2, 0) is 4.74 Å². The van der Waals surface area contributed by atoms with Crippen LogP contribution < -0.4 is 10.6 Å². The van der Waals surface area contributed by atoms with E-state index < -0.39 is 0 Å². The molecular formula is C18H37IN4O. The molecule has 6 heteroatoms. The quantitative estimate of drug-likeness (QED) is 0.355. The first-order valence-corrected chi connectivity index (χ1v) is 9.43. The Hall–Kier alpha value is -0.0800. The molecule has 0 spiro atoms. The van der Waals surface area contributed by atoms with Crippen LogP contribution in [0, 0.1) is 5.92 Å². The van der Waals surface area contributed by atoms with Crippen molar-refractivity contribution in [1.82, 2.24) is 15.5 Å². The molecule has 1 saturated carbocycles. The number of methoxy groups -OCH3 is 1. The van der Waals surface area contributed by atoms with Crippen LogP contribution in [0.5, 0.6) is 0 Å². The molecule has 2 N–H and O–H groups in total. The molecule has 0 aromatic heterocycles. The molecule has 0 bridgehead atoms. The van der Waals surface area contributed by atoms with Crippen molar-refractivity contribution in [2.45, 2.75) is 64.0 Å². The molecule has 1 saturated heterocycles. The van der Waals surface area contributed by atoms with E-state index in [0.717, 1.165) is 18.4 Å².